The van der Waals surface area contributed by atoms with Crippen LogP contribution >= 0.6 is 11.6 Å². The summed E-state index contributed by atoms with van der Waals surface area (Å²) in [6.07, 6.45) is -3.21. The fourth-order valence-electron chi connectivity index (χ4n) is 3.18. The molecule has 0 bridgehead atoms. The summed E-state index contributed by atoms with van der Waals surface area (Å²) < 4.78 is 45.0. The summed E-state index contributed by atoms with van der Waals surface area (Å²) in [6.45, 7) is 1.92. The predicted molar refractivity (Wildman–Crippen MR) is 106 cm³/mol. The van der Waals surface area contributed by atoms with Crippen LogP contribution in [0.25, 0.3) is 10.9 Å². The van der Waals surface area contributed by atoms with Crippen LogP contribution in [0, 0.1) is 0 Å². The predicted octanol–water partition coefficient (Wildman–Crippen LogP) is 4.52. The first-order valence-corrected chi connectivity index (χ1v) is 9.47. The van der Waals surface area contributed by atoms with Crippen LogP contribution in [0.3, 0.4) is 0 Å². The van der Waals surface area contributed by atoms with E-state index in [9.17, 15) is 18.0 Å². The number of aromatic nitrogens is 2. The van der Waals surface area contributed by atoms with Crippen LogP contribution in [-0.4, -0.2) is 47.1 Å². The molecule has 1 saturated heterocycles. The molecule has 1 fully saturated rings. The standard InChI is InChI=1S/C20H16ClF3N4O2/c21-16-10-13(4-5-14(16)18(29)28-6-8-30-9-7-28)26-19-25-11-12-2-1-3-15(17(12)27-19)20(22,23)24/h1-5,10-11H,6-9H2,(H,25,26,27). The van der Waals surface area contributed by atoms with Gasteiger partial charge >= 0.3 is 6.18 Å². The van der Waals surface area contributed by atoms with E-state index in [-0.39, 0.29) is 27.8 Å². The molecule has 2 heterocycles. The molecule has 6 nitrogen and oxygen atoms in total. The number of amides is 1. The van der Waals surface area contributed by atoms with Gasteiger partial charge in [0.2, 0.25) is 5.95 Å². The van der Waals surface area contributed by atoms with Gasteiger partial charge in [-0.05, 0) is 24.3 Å². The van der Waals surface area contributed by atoms with Gasteiger partial charge in [-0.2, -0.15) is 13.2 Å². The third kappa shape index (κ3) is 4.17. The zero-order valence-electron chi connectivity index (χ0n) is 15.5. The Morgan fingerprint density at radius 2 is 1.93 bits per heavy atom. The molecule has 1 aliphatic rings. The first kappa shape index (κ1) is 20.4. The Morgan fingerprint density at radius 3 is 2.63 bits per heavy atom. The van der Waals surface area contributed by atoms with Crippen molar-refractivity contribution >= 4 is 40.0 Å². The number of nitrogens with one attached hydrogen (secondary N) is 1. The molecule has 1 amide bonds. The van der Waals surface area contributed by atoms with Crippen LogP contribution in [0.5, 0.6) is 0 Å². The van der Waals surface area contributed by atoms with Crippen molar-refractivity contribution in [3.05, 3.63) is 58.7 Å². The average Bonchev–Trinajstić information content (AvgIpc) is 2.73. The number of carbonyl (C=O) groups excluding carboxylic acids is 1. The topological polar surface area (TPSA) is 67.4 Å². The van der Waals surface area contributed by atoms with Gasteiger partial charge in [0.05, 0.1) is 34.9 Å². The van der Waals surface area contributed by atoms with E-state index in [0.717, 1.165) is 6.07 Å². The van der Waals surface area contributed by atoms with E-state index in [1.165, 1.54) is 24.4 Å². The highest BCUT2D eigenvalue weighted by Crippen LogP contribution is 2.34. The maximum Gasteiger partial charge on any atom is 0.418 e. The number of ether oxygens (including phenoxy) is 1. The number of morpholine rings is 1. The second-order valence-electron chi connectivity index (χ2n) is 6.66. The molecule has 0 atom stereocenters. The van der Waals surface area contributed by atoms with Crippen molar-refractivity contribution in [2.45, 2.75) is 6.18 Å². The first-order valence-electron chi connectivity index (χ1n) is 9.09. The van der Waals surface area contributed by atoms with E-state index >= 15 is 0 Å². The second-order valence-corrected chi connectivity index (χ2v) is 7.07. The van der Waals surface area contributed by atoms with E-state index in [1.54, 1.807) is 17.0 Å². The Morgan fingerprint density at radius 1 is 1.17 bits per heavy atom. The van der Waals surface area contributed by atoms with Gasteiger partial charge < -0.3 is 15.0 Å². The van der Waals surface area contributed by atoms with E-state index < -0.39 is 11.7 Å². The number of para-hydroxylation sites is 1. The normalized spacial score (nSPS) is 14.7. The number of anilines is 2. The number of rotatable bonds is 3. The number of hydrogen-bond acceptors (Lipinski definition) is 5. The van der Waals surface area contributed by atoms with Crippen molar-refractivity contribution in [3.8, 4) is 0 Å². The van der Waals surface area contributed by atoms with Crippen molar-refractivity contribution in [1.29, 1.82) is 0 Å². The summed E-state index contributed by atoms with van der Waals surface area (Å²) in [7, 11) is 0. The lowest BCUT2D eigenvalue weighted by Crippen LogP contribution is -2.40. The summed E-state index contributed by atoms with van der Waals surface area (Å²) in [5.74, 6) is -0.214. The van der Waals surface area contributed by atoms with Gasteiger partial charge in [0, 0.05) is 30.4 Å². The molecule has 0 aliphatic carbocycles. The number of hydrogen-bond donors (Lipinski definition) is 1. The maximum absolute atomic E-state index is 13.3. The van der Waals surface area contributed by atoms with Crippen LogP contribution < -0.4 is 5.32 Å². The summed E-state index contributed by atoms with van der Waals surface area (Å²) in [4.78, 5) is 22.3. The number of benzene rings is 2. The lowest BCUT2D eigenvalue weighted by molar-refractivity contribution is -0.136. The van der Waals surface area contributed by atoms with E-state index in [0.29, 0.717) is 37.6 Å². The van der Waals surface area contributed by atoms with Crippen LogP contribution in [0.2, 0.25) is 5.02 Å². The highest BCUT2D eigenvalue weighted by atomic mass is 35.5. The minimum absolute atomic E-state index is 0.0116. The van der Waals surface area contributed by atoms with E-state index in [4.69, 9.17) is 16.3 Å². The Hall–Kier alpha value is -2.91. The molecular weight excluding hydrogens is 421 g/mol. The van der Waals surface area contributed by atoms with Crippen LogP contribution in [0.15, 0.2) is 42.6 Å². The third-order valence-electron chi connectivity index (χ3n) is 4.67. The van der Waals surface area contributed by atoms with Gasteiger partial charge in [0.25, 0.3) is 5.91 Å². The molecule has 1 N–H and O–H groups in total. The van der Waals surface area contributed by atoms with Crippen molar-refractivity contribution < 1.29 is 22.7 Å². The van der Waals surface area contributed by atoms with Crippen LogP contribution in [0.4, 0.5) is 24.8 Å². The third-order valence-corrected chi connectivity index (χ3v) is 4.98. The zero-order chi connectivity index (χ0) is 21.3. The molecule has 0 saturated carbocycles. The number of alkyl halides is 3. The van der Waals surface area contributed by atoms with Gasteiger partial charge in [-0.15, -0.1) is 0 Å². The molecule has 10 heteroatoms. The molecule has 0 spiro atoms. The van der Waals surface area contributed by atoms with Crippen LogP contribution in [0.1, 0.15) is 15.9 Å². The molecule has 156 valence electrons. The minimum atomic E-state index is -4.53. The summed E-state index contributed by atoms with van der Waals surface area (Å²) in [5, 5.41) is 3.34. The largest absolute Gasteiger partial charge is 0.418 e. The van der Waals surface area contributed by atoms with Gasteiger partial charge in [0.15, 0.2) is 0 Å². The molecule has 3 aromatic rings. The summed E-state index contributed by atoms with van der Waals surface area (Å²) in [6, 6.07) is 8.47. The lowest BCUT2D eigenvalue weighted by Gasteiger charge is -2.27. The summed E-state index contributed by atoms with van der Waals surface area (Å²) >= 11 is 6.28. The number of halogens is 4. The molecule has 30 heavy (non-hydrogen) atoms. The Balaban J connectivity index is 1.59. The number of fused-ring (bicyclic) bond motifs is 1. The minimum Gasteiger partial charge on any atom is -0.378 e. The highest BCUT2D eigenvalue weighted by molar-refractivity contribution is 6.34. The fourth-order valence-corrected chi connectivity index (χ4v) is 3.44. The van der Waals surface area contributed by atoms with Gasteiger partial charge in [-0.1, -0.05) is 23.7 Å². The molecule has 1 aromatic heterocycles. The second kappa shape index (κ2) is 8.08. The van der Waals surface area contributed by atoms with Crippen molar-refractivity contribution in [2.75, 3.05) is 31.6 Å². The van der Waals surface area contributed by atoms with Gasteiger partial charge in [-0.25, -0.2) is 9.97 Å². The smallest absolute Gasteiger partial charge is 0.378 e. The molecule has 4 rings (SSSR count). The Labute approximate surface area is 174 Å². The molecule has 2 aromatic carbocycles. The van der Waals surface area contributed by atoms with Crippen LogP contribution in [-0.2, 0) is 10.9 Å². The highest BCUT2D eigenvalue weighted by Gasteiger charge is 2.33. The number of carbonyl (C=O) groups is 1. The van der Waals surface area contributed by atoms with E-state index in [1.807, 2.05) is 0 Å². The number of nitrogens with zero attached hydrogens (tertiary/aromatic N) is 3. The monoisotopic (exact) mass is 436 g/mol. The fraction of sp³-hybridized carbons (Fsp3) is 0.250. The quantitative estimate of drug-likeness (QED) is 0.654. The molecule has 0 unspecified atom stereocenters. The van der Waals surface area contributed by atoms with Gasteiger partial charge in [-0.3, -0.25) is 4.79 Å². The SMILES string of the molecule is O=C(c1ccc(Nc2ncc3cccc(C(F)(F)F)c3n2)cc1Cl)N1CCOCC1. The Bertz CT molecular complexity index is 1100. The van der Waals surface area contributed by atoms with E-state index in [2.05, 4.69) is 15.3 Å². The lowest BCUT2D eigenvalue weighted by atomic mass is 10.1. The first-order chi connectivity index (χ1) is 14.3. The zero-order valence-corrected chi connectivity index (χ0v) is 16.3. The summed E-state index contributed by atoms with van der Waals surface area (Å²) in [5.41, 5.74) is -0.257. The van der Waals surface area contributed by atoms with Crippen molar-refractivity contribution in [3.63, 3.8) is 0 Å². The Kier molecular flexibility index (Phi) is 5.48. The average molecular weight is 437 g/mol. The van der Waals surface area contributed by atoms with Crippen molar-refractivity contribution in [1.82, 2.24) is 14.9 Å². The van der Waals surface area contributed by atoms with Gasteiger partial charge in [0.1, 0.15) is 0 Å². The van der Waals surface area contributed by atoms with Crippen molar-refractivity contribution in [2.24, 2.45) is 0 Å². The molecule has 0 radical (unpaired) electrons. The molecule has 1 aliphatic heterocycles. The maximum atomic E-state index is 13.3. The molecular formula is C20H16ClF3N4O2.